The maximum atomic E-state index is 11.9. The van der Waals surface area contributed by atoms with E-state index in [0.29, 0.717) is 11.4 Å². The molecular formula is C15H20ClIO. The van der Waals surface area contributed by atoms with Crippen LogP contribution in [0.5, 0.6) is 0 Å². The molecule has 0 fully saturated rings. The Balaban J connectivity index is 2.30. The third-order valence-electron chi connectivity index (χ3n) is 3.00. The average Bonchev–Trinajstić information content (AvgIpc) is 2.36. The van der Waals surface area contributed by atoms with Crippen LogP contribution in [0.2, 0.25) is 5.02 Å². The van der Waals surface area contributed by atoms with Gasteiger partial charge in [0.15, 0.2) is 5.78 Å². The molecule has 1 rings (SSSR count). The Morgan fingerprint density at radius 1 is 1.17 bits per heavy atom. The summed E-state index contributed by atoms with van der Waals surface area (Å²) >= 11 is 8.19. The molecule has 18 heavy (non-hydrogen) atoms. The van der Waals surface area contributed by atoms with Crippen LogP contribution < -0.4 is 0 Å². The zero-order valence-corrected chi connectivity index (χ0v) is 13.8. The number of rotatable bonds is 8. The molecule has 0 spiro atoms. The van der Waals surface area contributed by atoms with Gasteiger partial charge in [-0.3, -0.25) is 4.79 Å². The van der Waals surface area contributed by atoms with E-state index in [9.17, 15) is 4.79 Å². The Morgan fingerprint density at radius 3 is 2.50 bits per heavy atom. The SMILES string of the molecule is CCCCCCCCC(=O)c1ccc(I)c(Cl)c1. The highest BCUT2D eigenvalue weighted by Gasteiger charge is 2.07. The van der Waals surface area contributed by atoms with Gasteiger partial charge in [0.2, 0.25) is 0 Å². The Labute approximate surface area is 128 Å². The van der Waals surface area contributed by atoms with Crippen LogP contribution in [-0.4, -0.2) is 5.78 Å². The summed E-state index contributed by atoms with van der Waals surface area (Å²) in [5.41, 5.74) is 0.744. The summed E-state index contributed by atoms with van der Waals surface area (Å²) in [6.45, 7) is 2.21. The highest BCUT2D eigenvalue weighted by molar-refractivity contribution is 14.1. The van der Waals surface area contributed by atoms with Crippen LogP contribution in [0.15, 0.2) is 18.2 Å². The van der Waals surface area contributed by atoms with Gasteiger partial charge in [0.25, 0.3) is 0 Å². The van der Waals surface area contributed by atoms with E-state index in [1.165, 1.54) is 25.7 Å². The van der Waals surface area contributed by atoms with Crippen LogP contribution in [0.3, 0.4) is 0 Å². The first-order valence-electron chi connectivity index (χ1n) is 6.63. The molecule has 0 heterocycles. The van der Waals surface area contributed by atoms with E-state index < -0.39 is 0 Å². The minimum absolute atomic E-state index is 0.212. The van der Waals surface area contributed by atoms with Crippen LogP contribution >= 0.6 is 34.2 Å². The zero-order chi connectivity index (χ0) is 13.4. The number of ketones is 1. The second kappa shape index (κ2) is 8.92. The van der Waals surface area contributed by atoms with Gasteiger partial charge in [0.05, 0.1) is 5.02 Å². The predicted octanol–water partition coefficient (Wildman–Crippen LogP) is 5.88. The maximum Gasteiger partial charge on any atom is 0.162 e. The number of hydrogen-bond donors (Lipinski definition) is 0. The molecule has 0 radical (unpaired) electrons. The van der Waals surface area contributed by atoms with Gasteiger partial charge < -0.3 is 0 Å². The van der Waals surface area contributed by atoms with Crippen LogP contribution in [0.1, 0.15) is 62.2 Å². The summed E-state index contributed by atoms with van der Waals surface area (Å²) in [6.07, 6.45) is 7.90. The molecule has 0 amide bonds. The van der Waals surface area contributed by atoms with Gasteiger partial charge in [0, 0.05) is 15.6 Å². The van der Waals surface area contributed by atoms with Gasteiger partial charge in [-0.2, -0.15) is 0 Å². The summed E-state index contributed by atoms with van der Waals surface area (Å²) in [5, 5.41) is 0.671. The van der Waals surface area contributed by atoms with E-state index in [0.717, 1.165) is 22.0 Å². The molecule has 0 aliphatic heterocycles. The predicted molar refractivity (Wildman–Crippen MR) is 86.5 cm³/mol. The molecule has 0 saturated heterocycles. The van der Waals surface area contributed by atoms with Crippen molar-refractivity contribution in [2.24, 2.45) is 0 Å². The fourth-order valence-corrected chi connectivity index (χ4v) is 2.40. The normalized spacial score (nSPS) is 10.6. The smallest absolute Gasteiger partial charge is 0.162 e. The van der Waals surface area contributed by atoms with Crippen molar-refractivity contribution in [3.8, 4) is 0 Å². The van der Waals surface area contributed by atoms with Crippen LogP contribution in [0.4, 0.5) is 0 Å². The quantitative estimate of drug-likeness (QED) is 0.314. The molecule has 1 nitrogen and oxygen atoms in total. The Morgan fingerprint density at radius 2 is 1.83 bits per heavy atom. The molecule has 0 unspecified atom stereocenters. The molecular weight excluding hydrogens is 359 g/mol. The van der Waals surface area contributed by atoms with E-state index in [1.54, 1.807) is 6.07 Å². The van der Waals surface area contributed by atoms with Crippen molar-refractivity contribution >= 4 is 40.0 Å². The third kappa shape index (κ3) is 5.70. The molecule has 0 bridgehead atoms. The number of Topliss-reactive ketones (excluding diaryl/α,β-unsaturated/α-hetero) is 1. The minimum atomic E-state index is 0.212. The average molecular weight is 379 g/mol. The van der Waals surface area contributed by atoms with Crippen molar-refractivity contribution in [3.05, 3.63) is 32.4 Å². The lowest BCUT2D eigenvalue weighted by Gasteiger charge is -2.03. The molecule has 0 saturated carbocycles. The van der Waals surface area contributed by atoms with Crippen molar-refractivity contribution in [2.75, 3.05) is 0 Å². The highest BCUT2D eigenvalue weighted by Crippen LogP contribution is 2.21. The number of benzene rings is 1. The molecule has 0 aliphatic rings. The van der Waals surface area contributed by atoms with E-state index >= 15 is 0 Å². The summed E-state index contributed by atoms with van der Waals surface area (Å²) in [4.78, 5) is 11.9. The van der Waals surface area contributed by atoms with Gasteiger partial charge in [-0.15, -0.1) is 0 Å². The molecule has 0 aliphatic carbocycles. The van der Waals surface area contributed by atoms with E-state index in [1.807, 2.05) is 12.1 Å². The first kappa shape index (κ1) is 16.0. The first-order valence-corrected chi connectivity index (χ1v) is 8.09. The Bertz CT molecular complexity index is 390. The standard InChI is InChI=1S/C15H20ClIO/c1-2-3-4-5-6-7-8-15(18)12-9-10-14(17)13(16)11-12/h9-11H,2-8H2,1H3. The second-order valence-electron chi connectivity index (χ2n) is 4.57. The Hall–Kier alpha value is -0.0900. The topological polar surface area (TPSA) is 17.1 Å². The first-order chi connectivity index (χ1) is 8.65. The third-order valence-corrected chi connectivity index (χ3v) is 4.57. The number of unbranched alkanes of at least 4 members (excludes halogenated alkanes) is 5. The van der Waals surface area contributed by atoms with E-state index in [-0.39, 0.29) is 5.78 Å². The van der Waals surface area contributed by atoms with E-state index in [2.05, 4.69) is 29.5 Å². The maximum absolute atomic E-state index is 11.9. The summed E-state index contributed by atoms with van der Waals surface area (Å²) in [6, 6.07) is 5.55. The zero-order valence-electron chi connectivity index (χ0n) is 10.8. The van der Waals surface area contributed by atoms with Crippen molar-refractivity contribution in [1.29, 1.82) is 0 Å². The molecule has 0 atom stereocenters. The van der Waals surface area contributed by atoms with Gasteiger partial charge >= 0.3 is 0 Å². The van der Waals surface area contributed by atoms with Gasteiger partial charge in [-0.05, 0) is 41.1 Å². The number of carbonyl (C=O) groups is 1. The molecule has 0 aromatic heterocycles. The van der Waals surface area contributed by atoms with Crippen LogP contribution in [-0.2, 0) is 0 Å². The van der Waals surface area contributed by atoms with E-state index in [4.69, 9.17) is 11.6 Å². The van der Waals surface area contributed by atoms with Crippen molar-refractivity contribution in [1.82, 2.24) is 0 Å². The lowest BCUT2D eigenvalue weighted by atomic mass is 10.0. The summed E-state index contributed by atoms with van der Waals surface area (Å²) < 4.78 is 0.991. The fraction of sp³-hybridized carbons (Fsp3) is 0.533. The fourth-order valence-electron chi connectivity index (χ4n) is 1.88. The van der Waals surface area contributed by atoms with Crippen LogP contribution in [0.25, 0.3) is 0 Å². The van der Waals surface area contributed by atoms with Crippen molar-refractivity contribution < 1.29 is 4.79 Å². The largest absolute Gasteiger partial charge is 0.294 e. The lowest BCUT2D eigenvalue weighted by molar-refractivity contribution is 0.0979. The van der Waals surface area contributed by atoms with Gasteiger partial charge in [0.1, 0.15) is 0 Å². The molecule has 1 aromatic rings. The van der Waals surface area contributed by atoms with Crippen LogP contribution in [0, 0.1) is 3.57 Å². The van der Waals surface area contributed by atoms with Crippen molar-refractivity contribution in [3.63, 3.8) is 0 Å². The number of carbonyl (C=O) groups excluding carboxylic acids is 1. The van der Waals surface area contributed by atoms with Gasteiger partial charge in [-0.1, -0.05) is 56.7 Å². The minimum Gasteiger partial charge on any atom is -0.294 e. The molecule has 0 N–H and O–H groups in total. The molecule has 1 aromatic carbocycles. The summed E-state index contributed by atoms with van der Waals surface area (Å²) in [7, 11) is 0. The monoisotopic (exact) mass is 378 g/mol. The summed E-state index contributed by atoms with van der Waals surface area (Å²) in [5.74, 6) is 0.212. The highest BCUT2D eigenvalue weighted by atomic mass is 127. The Kier molecular flexibility index (Phi) is 7.91. The van der Waals surface area contributed by atoms with Crippen molar-refractivity contribution in [2.45, 2.75) is 51.9 Å². The number of halogens is 2. The molecule has 100 valence electrons. The second-order valence-corrected chi connectivity index (χ2v) is 6.14. The lowest BCUT2D eigenvalue weighted by Crippen LogP contribution is -1.99. The molecule has 3 heteroatoms. The number of hydrogen-bond acceptors (Lipinski definition) is 1. The van der Waals surface area contributed by atoms with Gasteiger partial charge in [-0.25, -0.2) is 0 Å².